The van der Waals surface area contributed by atoms with Crippen molar-refractivity contribution in [3.8, 4) is 5.75 Å². The topological polar surface area (TPSA) is 123 Å². The van der Waals surface area contributed by atoms with E-state index in [2.05, 4.69) is 10.3 Å². The average molecular weight is 523 g/mol. The Morgan fingerprint density at radius 2 is 2.06 bits per heavy atom. The summed E-state index contributed by atoms with van der Waals surface area (Å²) < 4.78 is 37.7. The first kappa shape index (κ1) is 27.0. The molecule has 3 rings (SSSR count). The molecule has 0 unspecified atom stereocenters. The lowest BCUT2D eigenvalue weighted by Gasteiger charge is -2.16. The molecule has 1 aliphatic rings. The minimum Gasteiger partial charge on any atom is -0.496 e. The number of halogens is 2. The van der Waals surface area contributed by atoms with E-state index in [-0.39, 0.29) is 40.9 Å². The molecule has 1 N–H and O–H groups in total. The highest BCUT2D eigenvalue weighted by molar-refractivity contribution is 8.15. The lowest BCUT2D eigenvalue weighted by Crippen LogP contribution is -2.34. The molecule has 2 amide bonds. The number of ether oxygens (including phenoxy) is 2. The van der Waals surface area contributed by atoms with Gasteiger partial charge in [-0.3, -0.25) is 24.6 Å². The van der Waals surface area contributed by atoms with Crippen LogP contribution in [0.25, 0.3) is 0 Å². The number of amidine groups is 1. The van der Waals surface area contributed by atoms with Gasteiger partial charge in [0.05, 0.1) is 18.1 Å². The van der Waals surface area contributed by atoms with E-state index in [1.165, 1.54) is 30.2 Å². The van der Waals surface area contributed by atoms with Gasteiger partial charge in [-0.25, -0.2) is 13.8 Å². The molecular weight excluding hydrogens is 498 g/mol. The van der Waals surface area contributed by atoms with Gasteiger partial charge in [0.25, 0.3) is 5.69 Å². The van der Waals surface area contributed by atoms with Crippen LogP contribution in [0.3, 0.4) is 0 Å². The van der Waals surface area contributed by atoms with Crippen molar-refractivity contribution in [3.63, 3.8) is 0 Å². The average Bonchev–Trinajstić information content (AvgIpc) is 3.12. The number of nitro benzene ring substituents is 1. The number of rotatable bonds is 11. The lowest BCUT2D eigenvalue weighted by atomic mass is 10.2. The summed E-state index contributed by atoms with van der Waals surface area (Å²) in [6.45, 7) is 2.94. The molecule has 0 aromatic heterocycles. The zero-order valence-corrected chi connectivity index (χ0v) is 20.3. The van der Waals surface area contributed by atoms with Gasteiger partial charge >= 0.3 is 0 Å². The molecule has 1 saturated heterocycles. The van der Waals surface area contributed by atoms with Crippen LogP contribution in [-0.2, 0) is 14.3 Å². The number of nitrogens with zero attached hydrogens (tertiary/aromatic N) is 3. The largest absolute Gasteiger partial charge is 0.496 e. The fourth-order valence-electron chi connectivity index (χ4n) is 3.34. The highest BCUT2D eigenvalue weighted by atomic mass is 32.2. The molecule has 13 heteroatoms. The van der Waals surface area contributed by atoms with E-state index >= 15 is 0 Å². The SMILES string of the molecule is CCOCCCN1C(=O)[C@@H](CC(=O)Nc2ccc(OC)cc2[N+](=O)[O-])SC1=Nc1ccc(F)cc1F. The van der Waals surface area contributed by atoms with Gasteiger partial charge in [0.15, 0.2) is 11.0 Å². The van der Waals surface area contributed by atoms with E-state index in [0.717, 1.165) is 23.9 Å². The standard InChI is InChI=1S/C23H24F2N4O6S/c1-3-35-10-4-9-28-22(31)20(36-23(28)27-17-7-5-14(24)11-16(17)25)13-21(30)26-18-8-6-15(34-2)12-19(18)29(32)33/h5-8,11-12,20H,3-4,9-10,13H2,1-2H3,(H,26,30)/t20-/m1/s1. The monoisotopic (exact) mass is 522 g/mol. The number of nitrogens with one attached hydrogen (secondary N) is 1. The van der Waals surface area contributed by atoms with Crippen LogP contribution in [0.15, 0.2) is 41.4 Å². The third kappa shape index (κ3) is 6.76. The molecule has 1 fully saturated rings. The molecule has 0 saturated carbocycles. The first-order valence-corrected chi connectivity index (χ1v) is 11.8. The van der Waals surface area contributed by atoms with E-state index in [1.54, 1.807) is 0 Å². The van der Waals surface area contributed by atoms with Crippen LogP contribution in [0.4, 0.5) is 25.8 Å². The Labute approximate surface area is 209 Å². The normalized spacial score (nSPS) is 16.4. The van der Waals surface area contributed by atoms with E-state index in [4.69, 9.17) is 9.47 Å². The second kappa shape index (κ2) is 12.4. The van der Waals surface area contributed by atoms with Gasteiger partial charge < -0.3 is 14.8 Å². The number of carbonyl (C=O) groups excluding carboxylic acids is 2. The van der Waals surface area contributed by atoms with Crippen molar-refractivity contribution in [1.82, 2.24) is 4.90 Å². The molecule has 2 aromatic rings. The third-order valence-electron chi connectivity index (χ3n) is 5.07. The van der Waals surface area contributed by atoms with Crippen molar-refractivity contribution in [3.05, 3.63) is 58.1 Å². The molecule has 0 radical (unpaired) electrons. The van der Waals surface area contributed by atoms with Crippen molar-refractivity contribution >= 4 is 45.8 Å². The molecule has 0 aliphatic carbocycles. The van der Waals surface area contributed by atoms with Crippen LogP contribution in [0.1, 0.15) is 19.8 Å². The predicted octanol–water partition coefficient (Wildman–Crippen LogP) is 4.27. The molecule has 1 heterocycles. The molecular formula is C23H24F2N4O6S. The minimum atomic E-state index is -0.892. The summed E-state index contributed by atoms with van der Waals surface area (Å²) in [5.41, 5.74) is -0.558. The van der Waals surface area contributed by atoms with Gasteiger partial charge in [-0.2, -0.15) is 0 Å². The van der Waals surface area contributed by atoms with Crippen molar-refractivity contribution in [2.45, 2.75) is 25.0 Å². The second-order valence-corrected chi connectivity index (χ2v) is 8.70. The fourth-order valence-corrected chi connectivity index (χ4v) is 4.52. The zero-order chi connectivity index (χ0) is 26.2. The number of nitro groups is 1. The maximum absolute atomic E-state index is 14.2. The van der Waals surface area contributed by atoms with Gasteiger partial charge in [0, 0.05) is 32.2 Å². The van der Waals surface area contributed by atoms with Crippen LogP contribution in [0.2, 0.25) is 0 Å². The quantitative estimate of drug-likeness (QED) is 0.266. The maximum Gasteiger partial charge on any atom is 0.296 e. The lowest BCUT2D eigenvalue weighted by molar-refractivity contribution is -0.384. The van der Waals surface area contributed by atoms with Gasteiger partial charge in [-0.05, 0) is 37.6 Å². The van der Waals surface area contributed by atoms with Gasteiger partial charge in [0.2, 0.25) is 11.8 Å². The van der Waals surface area contributed by atoms with Gasteiger partial charge in [-0.15, -0.1) is 0 Å². The summed E-state index contributed by atoms with van der Waals surface area (Å²) in [5.74, 6) is -2.45. The van der Waals surface area contributed by atoms with Crippen LogP contribution in [-0.4, -0.2) is 58.9 Å². The Kier molecular flexibility index (Phi) is 9.31. The number of hydrogen-bond donors (Lipinski definition) is 1. The molecule has 0 spiro atoms. The molecule has 36 heavy (non-hydrogen) atoms. The number of anilines is 1. The molecule has 2 aromatic carbocycles. The number of amides is 2. The maximum atomic E-state index is 14.2. The highest BCUT2D eigenvalue weighted by Crippen LogP contribution is 2.34. The summed E-state index contributed by atoms with van der Waals surface area (Å²) in [5, 5.41) is 13.1. The first-order chi connectivity index (χ1) is 17.2. The number of thioether (sulfide) groups is 1. The number of benzene rings is 2. The van der Waals surface area contributed by atoms with Crippen molar-refractivity contribution in [2.24, 2.45) is 4.99 Å². The predicted molar refractivity (Wildman–Crippen MR) is 131 cm³/mol. The molecule has 0 bridgehead atoms. The van der Waals surface area contributed by atoms with Crippen molar-refractivity contribution in [2.75, 3.05) is 32.2 Å². The summed E-state index contributed by atoms with van der Waals surface area (Å²) in [7, 11) is 1.36. The molecule has 192 valence electrons. The van der Waals surface area contributed by atoms with Crippen LogP contribution in [0, 0.1) is 21.7 Å². The van der Waals surface area contributed by atoms with Crippen molar-refractivity contribution < 1.29 is 32.8 Å². The smallest absolute Gasteiger partial charge is 0.296 e. The second-order valence-electron chi connectivity index (χ2n) is 7.53. The Bertz CT molecular complexity index is 1180. The Morgan fingerprint density at radius 1 is 1.28 bits per heavy atom. The van der Waals surface area contributed by atoms with Gasteiger partial charge in [0.1, 0.15) is 28.2 Å². The van der Waals surface area contributed by atoms with Crippen molar-refractivity contribution in [1.29, 1.82) is 0 Å². The summed E-state index contributed by atoms with van der Waals surface area (Å²) in [6, 6.07) is 6.86. The molecule has 1 atom stereocenters. The van der Waals surface area contributed by atoms with E-state index in [9.17, 15) is 28.5 Å². The summed E-state index contributed by atoms with van der Waals surface area (Å²) >= 11 is 0.964. The Balaban J connectivity index is 1.78. The number of methoxy groups -OCH3 is 1. The number of carbonyl (C=O) groups is 2. The third-order valence-corrected chi connectivity index (χ3v) is 6.24. The van der Waals surface area contributed by atoms with E-state index in [1.807, 2.05) is 6.92 Å². The zero-order valence-electron chi connectivity index (χ0n) is 19.5. The summed E-state index contributed by atoms with van der Waals surface area (Å²) in [4.78, 5) is 42.0. The molecule has 1 aliphatic heterocycles. The highest BCUT2D eigenvalue weighted by Gasteiger charge is 2.39. The summed E-state index contributed by atoms with van der Waals surface area (Å²) in [6.07, 6.45) is 0.168. The fraction of sp³-hybridized carbons (Fsp3) is 0.348. The molecule has 10 nitrogen and oxygen atoms in total. The van der Waals surface area contributed by atoms with E-state index in [0.29, 0.717) is 25.7 Å². The van der Waals surface area contributed by atoms with Gasteiger partial charge in [-0.1, -0.05) is 11.8 Å². The van der Waals surface area contributed by atoms with Crippen LogP contribution < -0.4 is 10.1 Å². The van der Waals surface area contributed by atoms with E-state index < -0.39 is 33.6 Å². The van der Waals surface area contributed by atoms with Crippen LogP contribution >= 0.6 is 11.8 Å². The Hall–Kier alpha value is -3.58. The first-order valence-electron chi connectivity index (χ1n) is 10.9. The number of hydrogen-bond acceptors (Lipinski definition) is 8. The minimum absolute atomic E-state index is 0.0444. The Morgan fingerprint density at radius 3 is 2.72 bits per heavy atom. The number of aliphatic imine (C=N–C) groups is 1. The van der Waals surface area contributed by atoms with Crippen LogP contribution in [0.5, 0.6) is 5.75 Å².